The van der Waals surface area contributed by atoms with E-state index in [2.05, 4.69) is 20.5 Å². The number of ether oxygens (including phenoxy) is 1. The summed E-state index contributed by atoms with van der Waals surface area (Å²) in [6, 6.07) is 7.71. The largest absolute Gasteiger partial charge is 0.491 e. The first kappa shape index (κ1) is 44.2. The first-order chi connectivity index (χ1) is 30.4. The summed E-state index contributed by atoms with van der Waals surface area (Å²) in [5, 5.41) is 6.01. The molecule has 2 saturated heterocycles. The predicted molar refractivity (Wildman–Crippen MR) is 237 cm³/mol. The van der Waals surface area contributed by atoms with Crippen molar-refractivity contribution >= 4 is 50.3 Å². The summed E-state index contributed by atoms with van der Waals surface area (Å²) in [7, 11) is -1.67. The molecule has 2 N–H and O–H groups in total. The van der Waals surface area contributed by atoms with Gasteiger partial charge in [-0.25, -0.2) is 8.42 Å². The molecule has 8 rings (SSSR count). The maximum Gasteiger partial charge on any atom is 0.264 e. The molecule has 0 radical (unpaired) electrons. The van der Waals surface area contributed by atoms with E-state index in [0.29, 0.717) is 79.8 Å². The molecule has 1 saturated carbocycles. The standard InChI is InChI=1S/C46H57N7O9S/c1-30-26-52(22-21-51(30)27-32-24-35-42(62-32)36(28-50(2)44(35)56)33-18-20-47-25-39(33)61-29-31-14-15-31)63(59,60)23-10-8-6-4-3-5-7-9-19-48-37-13-11-12-34-41(37)46(58)53(45(34)57)38-16-17-40(54)49-43(38)55/h11-13,18,20,24-25,28,30-31,38,48H,3-10,14-17,19,21-23,26-27,29H2,1-2H3,(H,49,54,55)/t30-,38?/m1/s1. The summed E-state index contributed by atoms with van der Waals surface area (Å²) in [6.45, 7) is 5.08. The third-order valence-corrected chi connectivity index (χ3v) is 14.7. The van der Waals surface area contributed by atoms with E-state index in [4.69, 9.17) is 9.15 Å². The first-order valence-electron chi connectivity index (χ1n) is 22.4. The molecule has 6 heterocycles. The number of piperidine rings is 1. The van der Waals surface area contributed by atoms with E-state index in [1.54, 1.807) is 52.7 Å². The van der Waals surface area contributed by atoms with E-state index in [1.165, 1.54) is 12.8 Å². The monoisotopic (exact) mass is 883 g/mol. The number of rotatable bonds is 20. The molecule has 3 fully saturated rings. The number of amides is 4. The second-order valence-corrected chi connectivity index (χ2v) is 19.6. The number of carbonyl (C=O) groups is 4. The number of imide groups is 2. The van der Waals surface area contributed by atoms with Crippen molar-refractivity contribution in [1.29, 1.82) is 0 Å². The van der Waals surface area contributed by atoms with E-state index in [9.17, 15) is 32.4 Å². The Bertz CT molecular complexity index is 2550. The van der Waals surface area contributed by atoms with Crippen molar-refractivity contribution in [2.24, 2.45) is 13.0 Å². The van der Waals surface area contributed by atoms with Gasteiger partial charge in [0.25, 0.3) is 17.4 Å². The van der Waals surface area contributed by atoms with Gasteiger partial charge in [-0.3, -0.25) is 44.1 Å². The van der Waals surface area contributed by atoms with Crippen LogP contribution in [0.25, 0.3) is 22.1 Å². The van der Waals surface area contributed by atoms with Gasteiger partial charge in [-0.2, -0.15) is 4.31 Å². The van der Waals surface area contributed by atoms with Crippen LogP contribution in [0.1, 0.15) is 110 Å². The van der Waals surface area contributed by atoms with Crippen LogP contribution in [0.2, 0.25) is 0 Å². The van der Waals surface area contributed by atoms with Gasteiger partial charge < -0.3 is 19.0 Å². The zero-order valence-corrected chi connectivity index (χ0v) is 36.9. The van der Waals surface area contributed by atoms with Crippen LogP contribution in [0.4, 0.5) is 5.69 Å². The van der Waals surface area contributed by atoms with Crippen LogP contribution in [0.3, 0.4) is 0 Å². The van der Waals surface area contributed by atoms with Crippen molar-refractivity contribution in [1.82, 2.24) is 29.0 Å². The highest BCUT2D eigenvalue weighted by Crippen LogP contribution is 2.37. The number of benzene rings is 1. The maximum atomic E-state index is 13.4. The number of fused-ring (bicyclic) bond motifs is 2. The zero-order chi connectivity index (χ0) is 44.3. The molecule has 2 atom stereocenters. The Morgan fingerprint density at radius 1 is 0.905 bits per heavy atom. The molecule has 1 unspecified atom stereocenters. The van der Waals surface area contributed by atoms with E-state index in [0.717, 1.165) is 61.0 Å². The smallest absolute Gasteiger partial charge is 0.264 e. The average molecular weight is 884 g/mol. The van der Waals surface area contributed by atoms with Gasteiger partial charge in [-0.1, -0.05) is 44.6 Å². The van der Waals surface area contributed by atoms with Crippen molar-refractivity contribution in [2.45, 2.75) is 103 Å². The normalized spacial score (nSPS) is 19.8. The number of hydrogen-bond donors (Lipinski definition) is 2. The van der Waals surface area contributed by atoms with E-state index >= 15 is 0 Å². The van der Waals surface area contributed by atoms with Crippen molar-refractivity contribution in [2.75, 3.05) is 43.9 Å². The number of pyridine rings is 2. The quantitative estimate of drug-likeness (QED) is 0.0844. The summed E-state index contributed by atoms with van der Waals surface area (Å²) in [5.74, 6) is -0.0736. The molecule has 3 aromatic heterocycles. The highest BCUT2D eigenvalue weighted by Gasteiger charge is 2.45. The van der Waals surface area contributed by atoms with Crippen molar-refractivity contribution in [3.8, 4) is 16.9 Å². The average Bonchev–Trinajstić information content (AvgIpc) is 3.95. The molecule has 4 aliphatic rings. The number of nitrogens with zero attached hydrogens (tertiary/aromatic N) is 5. The number of aryl methyl sites for hydroxylation is 1. The Labute approximate surface area is 367 Å². The number of carbonyl (C=O) groups excluding carboxylic acids is 4. The number of hydrogen-bond acceptors (Lipinski definition) is 12. The molecular weight excluding hydrogens is 827 g/mol. The minimum absolute atomic E-state index is 0.0441. The number of sulfonamides is 1. The lowest BCUT2D eigenvalue weighted by atomic mass is 10.0. The molecule has 336 valence electrons. The van der Waals surface area contributed by atoms with Gasteiger partial charge in [-0.15, -0.1) is 0 Å². The van der Waals surface area contributed by atoms with Crippen LogP contribution in [0.5, 0.6) is 5.75 Å². The molecule has 16 nitrogen and oxygen atoms in total. The van der Waals surface area contributed by atoms with Gasteiger partial charge >= 0.3 is 0 Å². The molecule has 0 bridgehead atoms. The Morgan fingerprint density at radius 3 is 2.41 bits per heavy atom. The lowest BCUT2D eigenvalue weighted by Gasteiger charge is -2.38. The minimum atomic E-state index is -3.40. The Kier molecular flexibility index (Phi) is 13.4. The number of furan rings is 1. The van der Waals surface area contributed by atoms with Crippen LogP contribution in [-0.4, -0.2) is 106 Å². The highest BCUT2D eigenvalue weighted by molar-refractivity contribution is 7.89. The van der Waals surface area contributed by atoms with Crippen molar-refractivity contribution in [3.63, 3.8) is 0 Å². The minimum Gasteiger partial charge on any atom is -0.491 e. The van der Waals surface area contributed by atoms with Crippen LogP contribution in [0, 0.1) is 5.92 Å². The number of aromatic nitrogens is 2. The second kappa shape index (κ2) is 19.2. The molecule has 63 heavy (non-hydrogen) atoms. The summed E-state index contributed by atoms with van der Waals surface area (Å²) in [5.41, 5.74) is 3.01. The molecule has 3 aliphatic heterocycles. The summed E-state index contributed by atoms with van der Waals surface area (Å²) < 4.78 is 42.5. The third kappa shape index (κ3) is 9.90. The molecule has 1 aromatic carbocycles. The number of piperazine rings is 1. The zero-order valence-electron chi connectivity index (χ0n) is 36.1. The molecule has 4 aromatic rings. The fourth-order valence-corrected chi connectivity index (χ4v) is 10.5. The lowest BCUT2D eigenvalue weighted by molar-refractivity contribution is -0.136. The Hall–Kier alpha value is -5.39. The third-order valence-electron chi connectivity index (χ3n) is 12.7. The van der Waals surface area contributed by atoms with E-state index < -0.39 is 39.7 Å². The van der Waals surface area contributed by atoms with E-state index in [1.807, 2.05) is 19.1 Å². The SMILES string of the molecule is C[C@@H]1CN(S(=O)(=O)CCCCCCCCCCNc2cccc3c2C(=O)N(C2CCC(=O)NC2=O)C3=O)CCN1Cc1cc2c(=O)n(C)cc(-c3ccncc3OCC3CC3)c2o1. The number of unbranched alkanes of at least 4 members (excludes halogenated alkanes) is 7. The highest BCUT2D eigenvalue weighted by atomic mass is 32.2. The fourth-order valence-electron chi connectivity index (χ4n) is 8.92. The van der Waals surface area contributed by atoms with Gasteiger partial charge in [0.1, 0.15) is 23.1 Å². The van der Waals surface area contributed by atoms with Crippen LogP contribution < -0.4 is 20.9 Å². The fraction of sp³-hybridized carbons (Fsp3) is 0.522. The van der Waals surface area contributed by atoms with Gasteiger partial charge in [0.05, 0.1) is 41.6 Å². The lowest BCUT2D eigenvalue weighted by Crippen LogP contribution is -2.54. The second-order valence-electron chi connectivity index (χ2n) is 17.5. The predicted octanol–water partition coefficient (Wildman–Crippen LogP) is 5.45. The van der Waals surface area contributed by atoms with Crippen molar-refractivity contribution < 1.29 is 36.7 Å². The summed E-state index contributed by atoms with van der Waals surface area (Å²) in [6.07, 6.45) is 15.1. The number of anilines is 1. The van der Waals surface area contributed by atoms with Crippen LogP contribution in [-0.2, 0) is 33.2 Å². The van der Waals surface area contributed by atoms with Crippen molar-refractivity contribution in [3.05, 3.63) is 76.2 Å². The topological polar surface area (TPSA) is 193 Å². The Morgan fingerprint density at radius 2 is 1.67 bits per heavy atom. The van der Waals surface area contributed by atoms with Gasteiger partial charge in [0.15, 0.2) is 0 Å². The summed E-state index contributed by atoms with van der Waals surface area (Å²) in [4.78, 5) is 71.1. The van der Waals surface area contributed by atoms with E-state index in [-0.39, 0.29) is 41.3 Å². The molecule has 1 aliphatic carbocycles. The Balaban J connectivity index is 0.734. The maximum absolute atomic E-state index is 13.4. The van der Waals surface area contributed by atoms with Gasteiger partial charge in [-0.05, 0) is 69.2 Å². The van der Waals surface area contributed by atoms with Gasteiger partial charge in [0.2, 0.25) is 21.8 Å². The number of nitrogens with one attached hydrogen (secondary N) is 2. The molecular formula is C46H57N7O9S. The molecule has 17 heteroatoms. The summed E-state index contributed by atoms with van der Waals surface area (Å²) >= 11 is 0. The first-order valence-corrected chi connectivity index (χ1v) is 24.0. The van der Waals surface area contributed by atoms with Crippen LogP contribution in [0.15, 0.2) is 58.1 Å². The molecule has 0 spiro atoms. The molecule has 4 amide bonds. The van der Waals surface area contributed by atoms with Gasteiger partial charge in [0, 0.05) is 74.9 Å². The van der Waals surface area contributed by atoms with Crippen LogP contribution >= 0.6 is 0 Å².